The molecule has 0 radical (unpaired) electrons. The Hall–Kier alpha value is -0.510. The minimum atomic E-state index is 0.456. The smallest absolute Gasteiger partial charge is 0.0624 e. The molecule has 0 spiro atoms. The lowest BCUT2D eigenvalue weighted by Gasteiger charge is -2.42. The first kappa shape index (κ1) is 13.6. The molecule has 0 aromatic rings. The molecular weight excluding hydrogens is 194 g/mol. The molecule has 0 saturated heterocycles. The molecule has 4 atom stereocenters. The van der Waals surface area contributed by atoms with Gasteiger partial charge in [-0.05, 0) is 48.3 Å². The van der Waals surface area contributed by atoms with Crippen molar-refractivity contribution < 1.29 is 0 Å². The Bertz CT molecular complexity index is 256. The predicted molar refractivity (Wildman–Crippen MR) is 68.8 cm³/mol. The summed E-state index contributed by atoms with van der Waals surface area (Å²) < 4.78 is 0. The average molecular weight is 221 g/mol. The molecule has 0 amide bonds. The molecule has 1 rings (SSSR count). The number of rotatable bonds is 2. The van der Waals surface area contributed by atoms with E-state index >= 15 is 0 Å². The molecule has 1 nitrogen and oxygen atoms in total. The second-order valence-electron chi connectivity index (χ2n) is 6.86. The predicted octanol–water partition coefficient (Wildman–Crippen LogP) is 4.63. The van der Waals surface area contributed by atoms with Gasteiger partial charge in [-0.25, -0.2) is 0 Å². The molecule has 1 aliphatic carbocycles. The van der Waals surface area contributed by atoms with Crippen LogP contribution in [-0.2, 0) is 0 Å². The van der Waals surface area contributed by atoms with E-state index in [1.165, 1.54) is 19.3 Å². The maximum absolute atomic E-state index is 8.78. The summed E-state index contributed by atoms with van der Waals surface area (Å²) in [4.78, 5) is 0. The second kappa shape index (κ2) is 5.21. The van der Waals surface area contributed by atoms with Gasteiger partial charge in [0.05, 0.1) is 6.07 Å². The lowest BCUT2D eigenvalue weighted by molar-refractivity contribution is 0.0817. The van der Waals surface area contributed by atoms with Crippen molar-refractivity contribution in [2.45, 2.75) is 60.3 Å². The van der Waals surface area contributed by atoms with Crippen molar-refractivity contribution in [2.24, 2.45) is 29.1 Å². The highest BCUT2D eigenvalue weighted by atomic mass is 14.4. The highest BCUT2D eigenvalue weighted by Crippen LogP contribution is 2.45. The van der Waals surface area contributed by atoms with E-state index < -0.39 is 0 Å². The zero-order valence-corrected chi connectivity index (χ0v) is 11.6. The van der Waals surface area contributed by atoms with Crippen LogP contribution < -0.4 is 0 Å². The molecule has 0 heterocycles. The largest absolute Gasteiger partial charge is 0.198 e. The van der Waals surface area contributed by atoms with Crippen LogP contribution in [0.4, 0.5) is 0 Å². The maximum Gasteiger partial charge on any atom is 0.0624 e. The second-order valence-corrected chi connectivity index (χ2v) is 6.86. The zero-order valence-electron chi connectivity index (χ0n) is 11.6. The van der Waals surface area contributed by atoms with Crippen molar-refractivity contribution in [2.75, 3.05) is 0 Å². The minimum absolute atomic E-state index is 0.456. The summed E-state index contributed by atoms with van der Waals surface area (Å²) in [6, 6.07) is 2.33. The Morgan fingerprint density at radius 1 is 1.31 bits per heavy atom. The van der Waals surface area contributed by atoms with Crippen LogP contribution in [0.15, 0.2) is 0 Å². The summed E-state index contributed by atoms with van der Waals surface area (Å²) in [6.45, 7) is 11.7. The maximum atomic E-state index is 8.78. The van der Waals surface area contributed by atoms with E-state index in [2.05, 4.69) is 40.7 Å². The summed E-state index contributed by atoms with van der Waals surface area (Å²) in [6.07, 6.45) is 4.76. The Morgan fingerprint density at radius 2 is 1.94 bits per heavy atom. The summed E-state index contributed by atoms with van der Waals surface area (Å²) >= 11 is 0. The normalized spacial score (nSPS) is 33.1. The monoisotopic (exact) mass is 221 g/mol. The van der Waals surface area contributed by atoms with Crippen LogP contribution in [0.2, 0.25) is 0 Å². The third kappa shape index (κ3) is 3.24. The van der Waals surface area contributed by atoms with Crippen LogP contribution in [0.3, 0.4) is 0 Å². The third-order valence-electron chi connectivity index (χ3n) is 4.60. The first-order valence-electron chi connectivity index (χ1n) is 6.73. The van der Waals surface area contributed by atoms with Crippen molar-refractivity contribution in [3.8, 4) is 6.07 Å². The fraction of sp³-hybridized carbons (Fsp3) is 0.933. The van der Waals surface area contributed by atoms with Crippen molar-refractivity contribution in [3.05, 3.63) is 0 Å². The molecule has 0 aliphatic heterocycles. The Kier molecular flexibility index (Phi) is 4.42. The number of nitrogens with zero attached hydrogens (tertiary/aromatic N) is 1. The van der Waals surface area contributed by atoms with Gasteiger partial charge in [0.1, 0.15) is 0 Å². The molecule has 0 aromatic carbocycles. The fourth-order valence-corrected chi connectivity index (χ4v) is 3.35. The highest BCUT2D eigenvalue weighted by Gasteiger charge is 2.35. The summed E-state index contributed by atoms with van der Waals surface area (Å²) in [7, 11) is 0. The molecule has 0 bridgehead atoms. The fourth-order valence-electron chi connectivity index (χ4n) is 3.35. The quantitative estimate of drug-likeness (QED) is 0.666. The molecule has 1 unspecified atom stereocenters. The molecule has 1 aliphatic rings. The topological polar surface area (TPSA) is 23.8 Å². The minimum Gasteiger partial charge on any atom is -0.198 e. The standard InChI is InChI=1S/C15H27N/c1-11(8-9-16)14-7-6-13(10-12(14)2)15(3,4)5/h11-14H,6-8,10H2,1-5H3/t11?,12-,13+,14-/m0/s1. The van der Waals surface area contributed by atoms with Gasteiger partial charge in [-0.1, -0.05) is 34.6 Å². The van der Waals surface area contributed by atoms with Crippen LogP contribution in [0.5, 0.6) is 0 Å². The molecule has 1 heteroatoms. The molecule has 1 fully saturated rings. The van der Waals surface area contributed by atoms with Gasteiger partial charge in [0.25, 0.3) is 0 Å². The van der Waals surface area contributed by atoms with Crippen molar-refractivity contribution in [3.63, 3.8) is 0 Å². The van der Waals surface area contributed by atoms with Crippen LogP contribution in [0.1, 0.15) is 60.3 Å². The van der Waals surface area contributed by atoms with Crippen LogP contribution in [-0.4, -0.2) is 0 Å². The van der Waals surface area contributed by atoms with Crippen LogP contribution >= 0.6 is 0 Å². The van der Waals surface area contributed by atoms with Gasteiger partial charge in [-0.3, -0.25) is 0 Å². The zero-order chi connectivity index (χ0) is 12.3. The Labute approximate surface area is 101 Å². The van der Waals surface area contributed by atoms with Gasteiger partial charge in [0.15, 0.2) is 0 Å². The number of nitriles is 1. The van der Waals surface area contributed by atoms with E-state index in [0.717, 1.165) is 24.2 Å². The lowest BCUT2D eigenvalue weighted by Crippen LogP contribution is -2.33. The highest BCUT2D eigenvalue weighted by molar-refractivity contribution is 4.88. The van der Waals surface area contributed by atoms with Crippen LogP contribution in [0, 0.1) is 40.4 Å². The first-order valence-corrected chi connectivity index (χ1v) is 6.73. The molecule has 92 valence electrons. The lowest BCUT2D eigenvalue weighted by atomic mass is 9.63. The van der Waals surface area contributed by atoms with E-state index in [1.807, 2.05) is 0 Å². The number of hydrogen-bond acceptors (Lipinski definition) is 1. The van der Waals surface area contributed by atoms with Gasteiger partial charge in [0, 0.05) is 6.42 Å². The van der Waals surface area contributed by atoms with Crippen molar-refractivity contribution >= 4 is 0 Å². The summed E-state index contributed by atoms with van der Waals surface area (Å²) in [5, 5.41) is 8.78. The van der Waals surface area contributed by atoms with Crippen molar-refractivity contribution in [1.29, 1.82) is 5.26 Å². The van der Waals surface area contributed by atoms with E-state index in [1.54, 1.807) is 0 Å². The summed E-state index contributed by atoms with van der Waals surface area (Å²) in [5.41, 5.74) is 0.456. The summed E-state index contributed by atoms with van der Waals surface area (Å²) in [5.74, 6) is 3.02. The SMILES string of the molecule is CC(CC#N)[C@@H]1CC[C@@H](C(C)(C)C)C[C@@H]1C. The number of hydrogen-bond donors (Lipinski definition) is 0. The Morgan fingerprint density at radius 3 is 2.38 bits per heavy atom. The van der Waals surface area contributed by atoms with E-state index in [0.29, 0.717) is 11.3 Å². The van der Waals surface area contributed by atoms with Gasteiger partial charge in [-0.15, -0.1) is 0 Å². The van der Waals surface area contributed by atoms with Crippen LogP contribution in [0.25, 0.3) is 0 Å². The molecular formula is C15H27N. The average Bonchev–Trinajstić information content (AvgIpc) is 2.16. The third-order valence-corrected chi connectivity index (χ3v) is 4.60. The van der Waals surface area contributed by atoms with E-state index in [-0.39, 0.29) is 0 Å². The van der Waals surface area contributed by atoms with E-state index in [4.69, 9.17) is 5.26 Å². The van der Waals surface area contributed by atoms with E-state index in [9.17, 15) is 0 Å². The molecule has 16 heavy (non-hydrogen) atoms. The first-order chi connectivity index (χ1) is 7.36. The Balaban J connectivity index is 2.56. The molecule has 0 aromatic heterocycles. The van der Waals surface area contributed by atoms with Gasteiger partial charge in [0.2, 0.25) is 0 Å². The van der Waals surface area contributed by atoms with Crippen molar-refractivity contribution in [1.82, 2.24) is 0 Å². The van der Waals surface area contributed by atoms with Gasteiger partial charge >= 0.3 is 0 Å². The van der Waals surface area contributed by atoms with Gasteiger partial charge in [-0.2, -0.15) is 5.26 Å². The van der Waals surface area contributed by atoms with Gasteiger partial charge < -0.3 is 0 Å². The molecule has 1 saturated carbocycles. The molecule has 0 N–H and O–H groups in total.